The van der Waals surface area contributed by atoms with Gasteiger partial charge in [0.1, 0.15) is 0 Å². The number of nitrogens with one attached hydrogen (secondary N) is 1. The summed E-state index contributed by atoms with van der Waals surface area (Å²) >= 11 is 0. The minimum absolute atomic E-state index is 0. The van der Waals surface area contributed by atoms with Gasteiger partial charge in [-0.05, 0) is 6.07 Å². The van der Waals surface area contributed by atoms with Gasteiger partial charge in [-0.1, -0.05) is 18.2 Å². The maximum Gasteiger partial charge on any atom is 0.224 e. The van der Waals surface area contributed by atoms with Crippen LogP contribution in [0.2, 0.25) is 0 Å². The molecule has 1 amide bonds. The zero-order valence-electron chi connectivity index (χ0n) is 11.1. The number of halogens is 2. The van der Waals surface area contributed by atoms with Gasteiger partial charge in [0.25, 0.3) is 0 Å². The number of amides is 1. The van der Waals surface area contributed by atoms with Crippen molar-refractivity contribution in [1.82, 2.24) is 9.88 Å². The number of hydrogen-bond donors (Lipinski definition) is 2. The molecule has 110 valence electrons. The van der Waals surface area contributed by atoms with Gasteiger partial charge in [0.15, 0.2) is 0 Å². The van der Waals surface area contributed by atoms with E-state index in [0.717, 1.165) is 18.5 Å². The molecule has 0 aliphatic carbocycles. The first-order valence-electron chi connectivity index (χ1n) is 6.36. The van der Waals surface area contributed by atoms with Crippen LogP contribution >= 0.6 is 24.8 Å². The molecule has 4 nitrogen and oxygen atoms in total. The summed E-state index contributed by atoms with van der Waals surface area (Å²) in [6.07, 6.45) is 1.35. The second-order valence-corrected chi connectivity index (χ2v) is 4.73. The van der Waals surface area contributed by atoms with E-state index in [-0.39, 0.29) is 30.7 Å². The van der Waals surface area contributed by atoms with Crippen LogP contribution in [-0.2, 0) is 17.8 Å². The second-order valence-electron chi connectivity index (χ2n) is 4.73. The lowest BCUT2D eigenvalue weighted by Crippen LogP contribution is -2.36. The van der Waals surface area contributed by atoms with Crippen LogP contribution in [0, 0.1) is 0 Å². The predicted molar refractivity (Wildman–Crippen MR) is 85.6 cm³/mol. The lowest BCUT2D eigenvalue weighted by Gasteiger charge is -2.27. The van der Waals surface area contributed by atoms with E-state index in [0.29, 0.717) is 19.5 Å². The van der Waals surface area contributed by atoms with Crippen LogP contribution in [0.1, 0.15) is 17.7 Å². The van der Waals surface area contributed by atoms with E-state index in [9.17, 15) is 4.79 Å². The quantitative estimate of drug-likeness (QED) is 0.892. The second kappa shape index (κ2) is 6.97. The summed E-state index contributed by atoms with van der Waals surface area (Å²) in [5.41, 5.74) is 9.15. The minimum atomic E-state index is 0. The number of rotatable bonds is 2. The van der Waals surface area contributed by atoms with Crippen molar-refractivity contribution in [3.63, 3.8) is 0 Å². The fourth-order valence-electron chi connectivity index (χ4n) is 2.66. The van der Waals surface area contributed by atoms with E-state index in [4.69, 9.17) is 5.73 Å². The molecule has 0 fully saturated rings. The highest BCUT2D eigenvalue weighted by Gasteiger charge is 2.23. The number of benzene rings is 1. The number of carbonyl (C=O) groups is 1. The number of fused-ring (bicyclic) bond motifs is 3. The van der Waals surface area contributed by atoms with Crippen molar-refractivity contribution in [2.45, 2.75) is 19.4 Å². The Morgan fingerprint density at radius 2 is 2.05 bits per heavy atom. The van der Waals surface area contributed by atoms with Crippen LogP contribution < -0.4 is 5.73 Å². The number of nitrogens with two attached hydrogens (primary N) is 1. The summed E-state index contributed by atoms with van der Waals surface area (Å²) in [7, 11) is 0. The fourth-order valence-corrected chi connectivity index (χ4v) is 2.66. The first-order chi connectivity index (χ1) is 8.79. The van der Waals surface area contributed by atoms with Gasteiger partial charge in [-0.2, -0.15) is 0 Å². The zero-order chi connectivity index (χ0) is 12.5. The van der Waals surface area contributed by atoms with E-state index >= 15 is 0 Å². The normalized spacial score (nSPS) is 13.3. The van der Waals surface area contributed by atoms with Gasteiger partial charge in [0, 0.05) is 54.6 Å². The number of hydrogen-bond acceptors (Lipinski definition) is 2. The molecule has 0 radical (unpaired) electrons. The largest absolute Gasteiger partial charge is 0.358 e. The highest BCUT2D eigenvalue weighted by molar-refractivity contribution is 5.86. The molecular formula is C14H19Cl2N3O. The highest BCUT2D eigenvalue weighted by atomic mass is 35.5. The average Bonchev–Trinajstić information content (AvgIpc) is 2.76. The number of nitrogens with zero attached hydrogens (tertiary/aromatic N) is 1. The van der Waals surface area contributed by atoms with E-state index in [1.54, 1.807) is 0 Å². The van der Waals surface area contributed by atoms with Crippen molar-refractivity contribution < 1.29 is 4.79 Å². The molecule has 0 unspecified atom stereocenters. The summed E-state index contributed by atoms with van der Waals surface area (Å²) in [6, 6.07) is 8.26. The maximum absolute atomic E-state index is 11.9. The highest BCUT2D eigenvalue weighted by Crippen LogP contribution is 2.27. The first kappa shape index (κ1) is 16.8. The molecule has 0 spiro atoms. The van der Waals surface area contributed by atoms with Gasteiger partial charge < -0.3 is 15.6 Å². The third-order valence-corrected chi connectivity index (χ3v) is 3.59. The molecule has 1 aliphatic heterocycles. The number of H-pyrrole nitrogens is 1. The Kier molecular flexibility index (Phi) is 5.87. The van der Waals surface area contributed by atoms with Crippen molar-refractivity contribution >= 4 is 41.6 Å². The van der Waals surface area contributed by atoms with E-state index in [2.05, 4.69) is 17.1 Å². The molecule has 0 saturated heterocycles. The van der Waals surface area contributed by atoms with Gasteiger partial charge >= 0.3 is 0 Å². The first-order valence-corrected chi connectivity index (χ1v) is 6.36. The molecule has 1 aromatic carbocycles. The van der Waals surface area contributed by atoms with Gasteiger partial charge in [0.05, 0.1) is 0 Å². The van der Waals surface area contributed by atoms with Crippen LogP contribution in [0.4, 0.5) is 0 Å². The molecule has 20 heavy (non-hydrogen) atoms. The Morgan fingerprint density at radius 1 is 1.30 bits per heavy atom. The Morgan fingerprint density at radius 3 is 2.80 bits per heavy atom. The van der Waals surface area contributed by atoms with Crippen LogP contribution in [0.3, 0.4) is 0 Å². The summed E-state index contributed by atoms with van der Waals surface area (Å²) in [5.74, 6) is 0.161. The van der Waals surface area contributed by atoms with E-state index in [1.165, 1.54) is 16.6 Å². The number of carbonyl (C=O) groups excluding carboxylic acids is 1. The number of aromatic amines is 1. The Balaban J connectivity index is 0.000001000. The van der Waals surface area contributed by atoms with Gasteiger partial charge in [0.2, 0.25) is 5.91 Å². The molecule has 2 aromatic rings. The van der Waals surface area contributed by atoms with Crippen LogP contribution in [0.5, 0.6) is 0 Å². The standard InChI is InChI=1S/C14H17N3O.2ClH/c15-7-5-14(18)17-8-6-13-11(9-17)10-3-1-2-4-12(10)16-13;;/h1-4,16H,5-9,15H2;2*1H. The van der Waals surface area contributed by atoms with Crippen LogP contribution in [0.25, 0.3) is 10.9 Å². The van der Waals surface area contributed by atoms with Gasteiger partial charge in [-0.25, -0.2) is 0 Å². The lowest BCUT2D eigenvalue weighted by molar-refractivity contribution is -0.131. The monoisotopic (exact) mass is 315 g/mol. The summed E-state index contributed by atoms with van der Waals surface area (Å²) in [4.78, 5) is 17.3. The number of aromatic nitrogens is 1. The molecule has 1 aliphatic rings. The van der Waals surface area contributed by atoms with Crippen molar-refractivity contribution in [3.05, 3.63) is 35.5 Å². The average molecular weight is 316 g/mol. The molecule has 0 bridgehead atoms. The summed E-state index contributed by atoms with van der Waals surface area (Å²) in [6.45, 7) is 1.92. The molecule has 0 saturated carbocycles. The van der Waals surface area contributed by atoms with Crippen LogP contribution in [0.15, 0.2) is 24.3 Å². The smallest absolute Gasteiger partial charge is 0.224 e. The Labute approximate surface area is 130 Å². The maximum atomic E-state index is 11.9. The topological polar surface area (TPSA) is 62.1 Å². The summed E-state index contributed by atoms with van der Waals surface area (Å²) < 4.78 is 0. The van der Waals surface area contributed by atoms with Crippen molar-refractivity contribution in [2.24, 2.45) is 5.73 Å². The van der Waals surface area contributed by atoms with E-state index < -0.39 is 0 Å². The van der Waals surface area contributed by atoms with Crippen LogP contribution in [-0.4, -0.2) is 28.9 Å². The molecule has 1 aromatic heterocycles. The molecule has 3 N–H and O–H groups in total. The third kappa shape index (κ3) is 2.92. The van der Waals surface area contributed by atoms with Crippen molar-refractivity contribution in [1.29, 1.82) is 0 Å². The lowest BCUT2D eigenvalue weighted by atomic mass is 10.0. The Bertz CT molecular complexity index is 597. The molecule has 2 heterocycles. The van der Waals surface area contributed by atoms with E-state index in [1.807, 2.05) is 17.0 Å². The minimum Gasteiger partial charge on any atom is -0.358 e. The third-order valence-electron chi connectivity index (χ3n) is 3.59. The van der Waals surface area contributed by atoms with Gasteiger partial charge in [-0.15, -0.1) is 24.8 Å². The van der Waals surface area contributed by atoms with Crippen molar-refractivity contribution in [2.75, 3.05) is 13.1 Å². The summed E-state index contributed by atoms with van der Waals surface area (Å²) in [5, 5.41) is 1.23. The Hall–Kier alpha value is -1.23. The molecular weight excluding hydrogens is 297 g/mol. The zero-order valence-corrected chi connectivity index (χ0v) is 12.7. The molecule has 3 rings (SSSR count). The predicted octanol–water partition coefficient (Wildman–Crippen LogP) is 2.25. The number of para-hydroxylation sites is 1. The molecule has 6 heteroatoms. The molecule has 0 atom stereocenters. The van der Waals surface area contributed by atoms with Gasteiger partial charge in [-0.3, -0.25) is 4.79 Å². The SMILES string of the molecule is Cl.Cl.NCCC(=O)N1CCc2[nH]c3ccccc3c2C1. The fraction of sp³-hybridized carbons (Fsp3) is 0.357. The van der Waals surface area contributed by atoms with Crippen molar-refractivity contribution in [3.8, 4) is 0 Å².